The molecule has 1 rings (SSSR count). The minimum absolute atomic E-state index is 0.115. The maximum Gasteiger partial charge on any atom is 0.303 e. The molecule has 130 valence electrons. The predicted octanol–water partition coefficient (Wildman–Crippen LogP) is 5.88. The highest BCUT2D eigenvalue weighted by Gasteiger charge is 2.21. The molecule has 0 aliphatic rings. The van der Waals surface area contributed by atoms with E-state index in [0.29, 0.717) is 5.41 Å². The van der Waals surface area contributed by atoms with Crippen molar-refractivity contribution in [2.24, 2.45) is 10.8 Å². The van der Waals surface area contributed by atoms with Crippen LogP contribution < -0.4 is 0 Å². The molecule has 0 spiro atoms. The Kier molecular flexibility index (Phi) is 7.31. The fourth-order valence-corrected chi connectivity index (χ4v) is 3.03. The fourth-order valence-electron chi connectivity index (χ4n) is 3.03. The highest BCUT2D eigenvalue weighted by molar-refractivity contribution is 5.67. The van der Waals surface area contributed by atoms with Crippen molar-refractivity contribution in [2.45, 2.75) is 79.6 Å². The molecule has 2 nitrogen and oxygen atoms in total. The second-order valence-electron chi connectivity index (χ2n) is 8.82. The Morgan fingerprint density at radius 2 is 1.48 bits per heavy atom. The molecular weight excluding hydrogens is 284 g/mol. The van der Waals surface area contributed by atoms with E-state index in [9.17, 15) is 4.79 Å². The summed E-state index contributed by atoms with van der Waals surface area (Å²) in [5, 5.41) is 8.94. The van der Waals surface area contributed by atoms with Gasteiger partial charge in [0.1, 0.15) is 0 Å². The second kappa shape index (κ2) is 8.52. The molecule has 1 aromatic carbocycles. The van der Waals surface area contributed by atoms with Crippen LogP contribution in [-0.4, -0.2) is 11.1 Å². The number of rotatable bonds is 9. The zero-order chi connectivity index (χ0) is 17.5. The topological polar surface area (TPSA) is 37.3 Å². The molecule has 1 aromatic rings. The van der Waals surface area contributed by atoms with Crippen LogP contribution in [-0.2, 0) is 17.6 Å². The molecule has 0 atom stereocenters. The molecule has 0 aromatic heterocycles. The van der Waals surface area contributed by atoms with E-state index in [1.807, 2.05) is 13.8 Å². The first kappa shape index (κ1) is 19.7. The normalized spacial score (nSPS) is 12.4. The smallest absolute Gasteiger partial charge is 0.303 e. The van der Waals surface area contributed by atoms with Crippen molar-refractivity contribution in [3.63, 3.8) is 0 Å². The summed E-state index contributed by atoms with van der Waals surface area (Å²) in [5.74, 6) is -0.698. The van der Waals surface area contributed by atoms with Gasteiger partial charge in [0, 0.05) is 0 Å². The third-order valence-corrected chi connectivity index (χ3v) is 4.33. The molecule has 0 unspecified atom stereocenters. The summed E-state index contributed by atoms with van der Waals surface area (Å²) in [6.07, 6.45) is 6.92. The van der Waals surface area contributed by atoms with Crippen LogP contribution in [0.4, 0.5) is 0 Å². The van der Waals surface area contributed by atoms with Crippen molar-refractivity contribution in [3.05, 3.63) is 35.4 Å². The van der Waals surface area contributed by atoms with E-state index < -0.39 is 5.97 Å². The van der Waals surface area contributed by atoms with Gasteiger partial charge in [0.2, 0.25) is 0 Å². The standard InChI is InChI=1S/C21H34O2/c1-20(2,3)13-7-11-17-9-6-10-18(15-17)12-8-14-21(4,5)16-19(22)23/h6,9-10,15H,7-8,11-14,16H2,1-5H3,(H,22,23). The first-order valence-corrected chi connectivity index (χ1v) is 8.87. The van der Waals surface area contributed by atoms with Gasteiger partial charge in [-0.25, -0.2) is 0 Å². The maximum atomic E-state index is 10.9. The lowest BCUT2D eigenvalue weighted by Gasteiger charge is -2.22. The lowest BCUT2D eigenvalue weighted by Crippen LogP contribution is -2.16. The zero-order valence-electron chi connectivity index (χ0n) is 15.6. The molecule has 23 heavy (non-hydrogen) atoms. The van der Waals surface area contributed by atoms with Crippen molar-refractivity contribution in [1.29, 1.82) is 0 Å². The van der Waals surface area contributed by atoms with Gasteiger partial charge in [-0.05, 0) is 60.5 Å². The molecule has 2 heteroatoms. The van der Waals surface area contributed by atoms with E-state index in [0.717, 1.165) is 25.7 Å². The molecule has 0 saturated carbocycles. The number of hydrogen-bond donors (Lipinski definition) is 1. The van der Waals surface area contributed by atoms with Gasteiger partial charge in [-0.2, -0.15) is 0 Å². The largest absolute Gasteiger partial charge is 0.481 e. The minimum Gasteiger partial charge on any atom is -0.481 e. The Balaban J connectivity index is 2.43. The van der Waals surface area contributed by atoms with Gasteiger partial charge in [-0.1, -0.05) is 58.9 Å². The Morgan fingerprint density at radius 1 is 0.957 bits per heavy atom. The van der Waals surface area contributed by atoms with Crippen LogP contribution in [0.25, 0.3) is 0 Å². The first-order valence-electron chi connectivity index (χ1n) is 8.87. The third kappa shape index (κ3) is 9.43. The van der Waals surface area contributed by atoms with Crippen LogP contribution in [0.5, 0.6) is 0 Å². The van der Waals surface area contributed by atoms with Crippen molar-refractivity contribution >= 4 is 5.97 Å². The number of carbonyl (C=O) groups is 1. The monoisotopic (exact) mass is 318 g/mol. The van der Waals surface area contributed by atoms with Crippen molar-refractivity contribution in [3.8, 4) is 0 Å². The summed E-state index contributed by atoms with van der Waals surface area (Å²) in [5.41, 5.74) is 3.10. The van der Waals surface area contributed by atoms with Crippen LogP contribution in [0, 0.1) is 10.8 Å². The molecule has 0 bridgehead atoms. The van der Waals surface area contributed by atoms with Crippen LogP contribution in [0.1, 0.15) is 77.8 Å². The quantitative estimate of drug-likeness (QED) is 0.617. The Hall–Kier alpha value is -1.31. The van der Waals surface area contributed by atoms with E-state index >= 15 is 0 Å². The van der Waals surface area contributed by atoms with Gasteiger partial charge in [0.25, 0.3) is 0 Å². The van der Waals surface area contributed by atoms with Crippen LogP contribution >= 0.6 is 0 Å². The summed E-state index contributed by atoms with van der Waals surface area (Å²) in [6.45, 7) is 11.0. The number of aliphatic carboxylic acids is 1. The van der Waals surface area contributed by atoms with Crippen molar-refractivity contribution < 1.29 is 9.90 Å². The molecule has 0 saturated heterocycles. The molecule has 0 fully saturated rings. The molecular formula is C21H34O2. The molecule has 1 N–H and O–H groups in total. The van der Waals surface area contributed by atoms with Crippen LogP contribution in [0.2, 0.25) is 0 Å². The van der Waals surface area contributed by atoms with Crippen LogP contribution in [0.15, 0.2) is 24.3 Å². The molecule has 0 heterocycles. The second-order valence-corrected chi connectivity index (χ2v) is 8.82. The van der Waals surface area contributed by atoms with Gasteiger partial charge in [0.05, 0.1) is 6.42 Å². The average molecular weight is 319 g/mol. The number of carboxylic acids is 1. The summed E-state index contributed by atoms with van der Waals surface area (Å²) < 4.78 is 0. The van der Waals surface area contributed by atoms with Crippen molar-refractivity contribution in [1.82, 2.24) is 0 Å². The SMILES string of the molecule is CC(C)(C)CCCc1cccc(CCCC(C)(C)CC(=O)O)c1. The van der Waals surface area contributed by atoms with Crippen LogP contribution in [0.3, 0.4) is 0 Å². The van der Waals surface area contributed by atoms with Gasteiger partial charge in [0.15, 0.2) is 0 Å². The number of aryl methyl sites for hydroxylation is 2. The maximum absolute atomic E-state index is 10.9. The zero-order valence-corrected chi connectivity index (χ0v) is 15.6. The number of hydrogen-bond acceptors (Lipinski definition) is 1. The molecule has 0 aliphatic heterocycles. The lowest BCUT2D eigenvalue weighted by molar-refractivity contribution is -0.139. The Labute approximate surface area is 142 Å². The van der Waals surface area contributed by atoms with E-state index in [4.69, 9.17) is 5.11 Å². The van der Waals surface area contributed by atoms with Gasteiger partial charge in [-0.3, -0.25) is 4.79 Å². The highest BCUT2D eigenvalue weighted by Crippen LogP contribution is 2.28. The van der Waals surface area contributed by atoms with E-state index in [1.165, 1.54) is 24.0 Å². The van der Waals surface area contributed by atoms with E-state index in [-0.39, 0.29) is 11.8 Å². The van der Waals surface area contributed by atoms with Gasteiger partial charge >= 0.3 is 5.97 Å². The fraction of sp³-hybridized carbons (Fsp3) is 0.667. The summed E-state index contributed by atoms with van der Waals surface area (Å²) in [7, 11) is 0. The predicted molar refractivity (Wildman–Crippen MR) is 97.8 cm³/mol. The van der Waals surface area contributed by atoms with Crippen molar-refractivity contribution in [2.75, 3.05) is 0 Å². The highest BCUT2D eigenvalue weighted by atomic mass is 16.4. The summed E-state index contributed by atoms with van der Waals surface area (Å²) in [4.78, 5) is 10.9. The molecule has 0 radical (unpaired) electrons. The minimum atomic E-state index is -0.698. The average Bonchev–Trinajstić information content (AvgIpc) is 2.35. The van der Waals surface area contributed by atoms with Gasteiger partial charge in [-0.15, -0.1) is 0 Å². The number of benzene rings is 1. The van der Waals surface area contributed by atoms with E-state index in [1.54, 1.807) is 0 Å². The first-order chi connectivity index (χ1) is 10.6. The Morgan fingerprint density at radius 3 is 1.96 bits per heavy atom. The van der Waals surface area contributed by atoms with E-state index in [2.05, 4.69) is 45.0 Å². The third-order valence-electron chi connectivity index (χ3n) is 4.33. The molecule has 0 amide bonds. The summed E-state index contributed by atoms with van der Waals surface area (Å²) in [6, 6.07) is 8.90. The Bertz CT molecular complexity index is 495. The van der Waals surface area contributed by atoms with Gasteiger partial charge < -0.3 is 5.11 Å². The summed E-state index contributed by atoms with van der Waals surface area (Å²) >= 11 is 0. The molecule has 0 aliphatic carbocycles. The number of carboxylic acid groups (broad SMARTS) is 1. The lowest BCUT2D eigenvalue weighted by atomic mass is 9.83.